The fourth-order valence-corrected chi connectivity index (χ4v) is 2.35. The molecule has 0 aliphatic carbocycles. The van der Waals surface area contributed by atoms with Gasteiger partial charge in [-0.25, -0.2) is 4.68 Å². The van der Waals surface area contributed by atoms with Crippen LogP contribution in [-0.2, 0) is 13.1 Å². The van der Waals surface area contributed by atoms with E-state index in [0.717, 1.165) is 22.7 Å². The monoisotopic (exact) mass is 309 g/mol. The van der Waals surface area contributed by atoms with Gasteiger partial charge < -0.3 is 10.5 Å². The number of rotatable bonds is 6. The second-order valence-electron chi connectivity index (χ2n) is 5.22. The highest BCUT2D eigenvalue weighted by molar-refractivity contribution is 5.60. The molecule has 0 amide bonds. The maximum Gasteiger partial charge on any atom is 0.119 e. The molecule has 0 spiro atoms. The van der Waals surface area contributed by atoms with Crippen molar-refractivity contribution in [3.8, 4) is 17.0 Å². The van der Waals surface area contributed by atoms with Crippen LogP contribution in [0.5, 0.6) is 5.75 Å². The predicted octanol–water partition coefficient (Wildman–Crippen LogP) is 2.19. The van der Waals surface area contributed by atoms with Crippen LogP contribution in [0, 0.1) is 6.92 Å². The number of pyridine rings is 1. The van der Waals surface area contributed by atoms with Gasteiger partial charge in [0.05, 0.1) is 12.2 Å². The first-order valence-corrected chi connectivity index (χ1v) is 7.50. The van der Waals surface area contributed by atoms with Gasteiger partial charge in [-0.05, 0) is 31.2 Å². The molecule has 0 radical (unpaired) electrons. The molecule has 0 saturated carbocycles. The largest absolute Gasteiger partial charge is 0.492 e. The number of nitrogens with two attached hydrogens (primary N) is 1. The van der Waals surface area contributed by atoms with E-state index in [0.29, 0.717) is 19.7 Å². The Hall–Kier alpha value is -2.73. The van der Waals surface area contributed by atoms with E-state index in [4.69, 9.17) is 10.5 Å². The van der Waals surface area contributed by atoms with E-state index in [9.17, 15) is 0 Å². The summed E-state index contributed by atoms with van der Waals surface area (Å²) in [6.45, 7) is 3.48. The van der Waals surface area contributed by atoms with Gasteiger partial charge in [0.15, 0.2) is 0 Å². The Bertz CT molecular complexity index is 752. The zero-order valence-corrected chi connectivity index (χ0v) is 13.0. The van der Waals surface area contributed by atoms with Crippen molar-refractivity contribution in [2.75, 3.05) is 6.61 Å². The zero-order chi connectivity index (χ0) is 16.1. The van der Waals surface area contributed by atoms with E-state index < -0.39 is 0 Å². The van der Waals surface area contributed by atoms with E-state index in [1.165, 1.54) is 5.56 Å². The lowest BCUT2D eigenvalue weighted by atomic mass is 10.1. The SMILES string of the molecule is Cc1ccc(OCCn2nnc(CN)c2-c2cccnc2)cc1. The first-order valence-electron chi connectivity index (χ1n) is 7.50. The molecular weight excluding hydrogens is 290 g/mol. The Morgan fingerprint density at radius 1 is 1.17 bits per heavy atom. The van der Waals surface area contributed by atoms with Gasteiger partial charge in [-0.15, -0.1) is 5.10 Å². The van der Waals surface area contributed by atoms with Gasteiger partial charge >= 0.3 is 0 Å². The first kappa shape index (κ1) is 15.2. The molecule has 0 aliphatic heterocycles. The second kappa shape index (κ2) is 7.02. The molecule has 2 heterocycles. The summed E-state index contributed by atoms with van der Waals surface area (Å²) in [6.07, 6.45) is 3.52. The van der Waals surface area contributed by atoms with E-state index in [1.807, 2.05) is 48.0 Å². The van der Waals surface area contributed by atoms with Crippen molar-refractivity contribution >= 4 is 0 Å². The minimum atomic E-state index is 0.336. The summed E-state index contributed by atoms with van der Waals surface area (Å²) in [6, 6.07) is 11.8. The van der Waals surface area contributed by atoms with Crippen LogP contribution in [0.3, 0.4) is 0 Å². The summed E-state index contributed by atoms with van der Waals surface area (Å²) in [5, 5.41) is 8.34. The molecule has 0 fully saturated rings. The van der Waals surface area contributed by atoms with Gasteiger partial charge in [0, 0.05) is 24.5 Å². The third-order valence-electron chi connectivity index (χ3n) is 3.53. The Kier molecular flexibility index (Phi) is 4.63. The lowest BCUT2D eigenvalue weighted by Gasteiger charge is -2.09. The molecule has 3 rings (SSSR count). The number of benzene rings is 1. The average molecular weight is 309 g/mol. The van der Waals surface area contributed by atoms with Crippen LogP contribution in [-0.4, -0.2) is 26.6 Å². The molecule has 6 heteroatoms. The van der Waals surface area contributed by atoms with Crippen LogP contribution in [0.4, 0.5) is 0 Å². The summed E-state index contributed by atoms with van der Waals surface area (Å²) < 4.78 is 7.58. The highest BCUT2D eigenvalue weighted by Crippen LogP contribution is 2.21. The Morgan fingerprint density at radius 2 is 2.00 bits per heavy atom. The van der Waals surface area contributed by atoms with Crippen molar-refractivity contribution in [2.24, 2.45) is 5.73 Å². The van der Waals surface area contributed by atoms with Crippen molar-refractivity contribution in [3.05, 3.63) is 60.0 Å². The van der Waals surface area contributed by atoms with Crippen LogP contribution < -0.4 is 10.5 Å². The number of nitrogens with zero attached hydrogens (tertiary/aromatic N) is 4. The maximum absolute atomic E-state index is 5.77. The Balaban J connectivity index is 1.73. The molecule has 1 aromatic carbocycles. The second-order valence-corrected chi connectivity index (χ2v) is 5.22. The Morgan fingerprint density at radius 3 is 2.70 bits per heavy atom. The molecule has 0 bridgehead atoms. The number of aromatic nitrogens is 4. The molecule has 2 aromatic heterocycles. The van der Waals surface area contributed by atoms with Crippen molar-refractivity contribution in [3.63, 3.8) is 0 Å². The minimum Gasteiger partial charge on any atom is -0.492 e. The lowest BCUT2D eigenvalue weighted by molar-refractivity contribution is 0.290. The van der Waals surface area contributed by atoms with E-state index >= 15 is 0 Å². The zero-order valence-electron chi connectivity index (χ0n) is 13.0. The standard InChI is InChI=1S/C17H19N5O/c1-13-4-6-15(7-5-13)23-10-9-22-17(16(11-18)20-21-22)14-3-2-8-19-12-14/h2-8,12H,9-11,18H2,1H3. The third-order valence-corrected chi connectivity index (χ3v) is 3.53. The third kappa shape index (κ3) is 3.54. The van der Waals surface area contributed by atoms with Gasteiger partial charge in [-0.2, -0.15) is 0 Å². The summed E-state index contributed by atoms with van der Waals surface area (Å²) in [5.41, 5.74) is 9.58. The van der Waals surface area contributed by atoms with E-state index in [2.05, 4.69) is 15.3 Å². The molecule has 0 atom stereocenters. The fraction of sp³-hybridized carbons (Fsp3) is 0.235. The van der Waals surface area contributed by atoms with Crippen LogP contribution in [0.15, 0.2) is 48.8 Å². The van der Waals surface area contributed by atoms with E-state index in [1.54, 1.807) is 12.4 Å². The number of ether oxygens (including phenoxy) is 1. The molecule has 0 aliphatic rings. The predicted molar refractivity (Wildman–Crippen MR) is 87.8 cm³/mol. The van der Waals surface area contributed by atoms with Gasteiger partial charge in [0.25, 0.3) is 0 Å². The summed E-state index contributed by atoms with van der Waals surface area (Å²) in [5.74, 6) is 0.845. The van der Waals surface area contributed by atoms with Gasteiger partial charge in [-0.1, -0.05) is 22.9 Å². The van der Waals surface area contributed by atoms with Crippen molar-refractivity contribution in [1.29, 1.82) is 0 Å². The molecule has 23 heavy (non-hydrogen) atoms. The van der Waals surface area contributed by atoms with Crippen LogP contribution >= 0.6 is 0 Å². The molecular formula is C17H19N5O. The first-order chi connectivity index (χ1) is 11.3. The van der Waals surface area contributed by atoms with Crippen molar-refractivity contribution in [2.45, 2.75) is 20.0 Å². The molecule has 0 unspecified atom stereocenters. The number of hydrogen-bond donors (Lipinski definition) is 1. The lowest BCUT2D eigenvalue weighted by Crippen LogP contribution is -2.11. The normalized spacial score (nSPS) is 10.7. The molecule has 118 valence electrons. The molecule has 2 N–H and O–H groups in total. The van der Waals surface area contributed by atoms with Gasteiger partial charge in [0.2, 0.25) is 0 Å². The average Bonchev–Trinajstić information content (AvgIpc) is 3.00. The molecule has 3 aromatic rings. The maximum atomic E-state index is 5.77. The van der Waals surface area contributed by atoms with Gasteiger partial charge in [-0.3, -0.25) is 4.98 Å². The number of hydrogen-bond acceptors (Lipinski definition) is 5. The Labute approximate surface area is 134 Å². The summed E-state index contributed by atoms with van der Waals surface area (Å²) in [4.78, 5) is 4.15. The fourth-order valence-electron chi connectivity index (χ4n) is 2.35. The summed E-state index contributed by atoms with van der Waals surface area (Å²) in [7, 11) is 0. The highest BCUT2D eigenvalue weighted by Gasteiger charge is 2.13. The quantitative estimate of drug-likeness (QED) is 0.755. The van der Waals surface area contributed by atoms with Crippen molar-refractivity contribution in [1.82, 2.24) is 20.0 Å². The van der Waals surface area contributed by atoms with Crippen LogP contribution in [0.2, 0.25) is 0 Å². The molecule has 0 saturated heterocycles. The van der Waals surface area contributed by atoms with E-state index in [-0.39, 0.29) is 0 Å². The summed E-state index contributed by atoms with van der Waals surface area (Å²) >= 11 is 0. The minimum absolute atomic E-state index is 0.336. The smallest absolute Gasteiger partial charge is 0.119 e. The van der Waals surface area contributed by atoms with Crippen LogP contribution in [0.25, 0.3) is 11.3 Å². The van der Waals surface area contributed by atoms with Crippen LogP contribution in [0.1, 0.15) is 11.3 Å². The molecule has 6 nitrogen and oxygen atoms in total. The highest BCUT2D eigenvalue weighted by atomic mass is 16.5. The topological polar surface area (TPSA) is 78.8 Å². The number of aryl methyl sites for hydroxylation is 1. The van der Waals surface area contributed by atoms with Gasteiger partial charge in [0.1, 0.15) is 18.1 Å². The van der Waals surface area contributed by atoms with Crippen molar-refractivity contribution < 1.29 is 4.74 Å².